The Morgan fingerprint density at radius 2 is 1.24 bits per heavy atom. The van der Waals surface area contributed by atoms with Crippen LogP contribution in [0.1, 0.15) is 11.5 Å². The molecule has 34 heavy (non-hydrogen) atoms. The van der Waals surface area contributed by atoms with Gasteiger partial charge in [0.15, 0.2) is 5.58 Å². The lowest BCUT2D eigenvalue weighted by Gasteiger charge is -2.26. The topological polar surface area (TPSA) is 29.3 Å². The first-order chi connectivity index (χ1) is 16.8. The molecule has 0 amide bonds. The van der Waals surface area contributed by atoms with E-state index >= 15 is 0 Å². The lowest BCUT2D eigenvalue weighted by Crippen LogP contribution is -2.09. The molecule has 6 rings (SSSR count). The Morgan fingerprint density at radius 1 is 0.559 bits per heavy atom. The Labute approximate surface area is 198 Å². The van der Waals surface area contributed by atoms with Crippen LogP contribution >= 0.6 is 0 Å². The molecule has 5 aromatic carbocycles. The third-order valence-electron chi connectivity index (χ3n) is 5.89. The van der Waals surface area contributed by atoms with Crippen molar-refractivity contribution < 1.29 is 4.42 Å². The Hall–Kier alpha value is -4.63. The summed E-state index contributed by atoms with van der Waals surface area (Å²) in [5.74, 6) is 0.604. The molecule has 0 saturated heterocycles. The fraction of sp³-hybridized carbons (Fsp3) is 0. The Bertz CT molecular complexity index is 1560. The second-order valence-corrected chi connectivity index (χ2v) is 8.15. The molecule has 3 nitrogen and oxygen atoms in total. The van der Waals surface area contributed by atoms with E-state index in [1.165, 1.54) is 10.8 Å². The predicted molar refractivity (Wildman–Crippen MR) is 142 cm³/mol. The second-order valence-electron chi connectivity index (χ2n) is 8.15. The second kappa shape index (κ2) is 8.72. The Kier molecular flexibility index (Phi) is 5.13. The minimum Gasteiger partial charge on any atom is -0.437 e. The zero-order valence-electron chi connectivity index (χ0n) is 18.5. The summed E-state index contributed by atoms with van der Waals surface area (Å²) in [6.07, 6.45) is 3.94. The maximum Gasteiger partial charge on any atom is 0.220 e. The zero-order chi connectivity index (χ0) is 22.7. The summed E-state index contributed by atoms with van der Waals surface area (Å²) in [6, 6.07) is 41.8. The number of hydrogen-bond acceptors (Lipinski definition) is 3. The van der Waals surface area contributed by atoms with E-state index in [1.807, 2.05) is 42.5 Å². The van der Waals surface area contributed by atoms with E-state index in [1.54, 1.807) is 0 Å². The van der Waals surface area contributed by atoms with Crippen LogP contribution in [0.15, 0.2) is 126 Å². The van der Waals surface area contributed by atoms with Crippen molar-refractivity contribution in [1.82, 2.24) is 4.98 Å². The minimum atomic E-state index is 0.604. The molecule has 0 aliphatic rings. The number of aromatic nitrogens is 1. The molecule has 0 N–H and O–H groups in total. The van der Waals surface area contributed by atoms with Crippen LogP contribution in [0.5, 0.6) is 0 Å². The Morgan fingerprint density at radius 3 is 2.06 bits per heavy atom. The van der Waals surface area contributed by atoms with Gasteiger partial charge in [0, 0.05) is 23.1 Å². The molecule has 6 aromatic rings. The SMILES string of the molecule is C(=C\c1nc2ccccc2o1)/c1ccc(N(c2ccccc2)c2ccc3ccccc3c2)cc1. The van der Waals surface area contributed by atoms with Crippen LogP contribution in [0.2, 0.25) is 0 Å². The van der Waals surface area contributed by atoms with Crippen LogP contribution in [0.4, 0.5) is 17.1 Å². The monoisotopic (exact) mass is 438 g/mol. The maximum atomic E-state index is 5.80. The highest BCUT2D eigenvalue weighted by molar-refractivity contribution is 5.89. The van der Waals surface area contributed by atoms with Crippen LogP contribution in [-0.4, -0.2) is 4.98 Å². The average molecular weight is 439 g/mol. The molecule has 0 spiro atoms. The summed E-state index contributed by atoms with van der Waals surface area (Å²) in [5, 5.41) is 2.46. The van der Waals surface area contributed by atoms with Gasteiger partial charge in [0.25, 0.3) is 0 Å². The van der Waals surface area contributed by atoms with Crippen molar-refractivity contribution in [2.45, 2.75) is 0 Å². The summed E-state index contributed by atoms with van der Waals surface area (Å²) < 4.78 is 5.80. The van der Waals surface area contributed by atoms with Gasteiger partial charge >= 0.3 is 0 Å². The highest BCUT2D eigenvalue weighted by Crippen LogP contribution is 2.36. The average Bonchev–Trinajstić information content (AvgIpc) is 3.32. The van der Waals surface area contributed by atoms with Gasteiger partial charge in [-0.05, 0) is 70.9 Å². The van der Waals surface area contributed by atoms with E-state index in [0.29, 0.717) is 5.89 Å². The van der Waals surface area contributed by atoms with E-state index in [0.717, 1.165) is 33.7 Å². The van der Waals surface area contributed by atoms with Gasteiger partial charge < -0.3 is 9.32 Å². The molecule has 0 aliphatic carbocycles. The smallest absolute Gasteiger partial charge is 0.220 e. The van der Waals surface area contributed by atoms with Crippen LogP contribution in [0, 0.1) is 0 Å². The molecule has 0 radical (unpaired) electrons. The van der Waals surface area contributed by atoms with Crippen LogP contribution < -0.4 is 4.90 Å². The molecule has 1 heterocycles. The molecule has 162 valence electrons. The predicted octanol–water partition coefficient (Wildman–Crippen LogP) is 8.62. The van der Waals surface area contributed by atoms with E-state index in [9.17, 15) is 0 Å². The van der Waals surface area contributed by atoms with E-state index < -0.39 is 0 Å². The molecule has 0 bridgehead atoms. The summed E-state index contributed by atoms with van der Waals surface area (Å²) in [6.45, 7) is 0. The Balaban J connectivity index is 1.34. The normalized spacial score (nSPS) is 11.4. The molecule has 0 atom stereocenters. The molecule has 0 aliphatic heterocycles. The lowest BCUT2D eigenvalue weighted by atomic mass is 10.1. The zero-order valence-corrected chi connectivity index (χ0v) is 18.5. The van der Waals surface area contributed by atoms with Crippen molar-refractivity contribution in [3.63, 3.8) is 0 Å². The first kappa shape index (κ1) is 20.0. The molecule has 0 fully saturated rings. The number of fused-ring (bicyclic) bond motifs is 2. The van der Waals surface area contributed by atoms with Gasteiger partial charge in [0.05, 0.1) is 0 Å². The number of para-hydroxylation sites is 3. The largest absolute Gasteiger partial charge is 0.437 e. The summed E-state index contributed by atoms with van der Waals surface area (Å²) in [4.78, 5) is 6.79. The van der Waals surface area contributed by atoms with Crippen molar-refractivity contribution in [3.8, 4) is 0 Å². The lowest BCUT2D eigenvalue weighted by molar-refractivity contribution is 0.590. The number of hydrogen-bond donors (Lipinski definition) is 0. The van der Waals surface area contributed by atoms with Crippen LogP contribution in [0.25, 0.3) is 34.0 Å². The van der Waals surface area contributed by atoms with E-state index in [2.05, 4.69) is 101 Å². The molecular formula is C31H22N2O. The fourth-order valence-corrected chi connectivity index (χ4v) is 4.20. The van der Waals surface area contributed by atoms with Gasteiger partial charge in [-0.2, -0.15) is 0 Å². The maximum absolute atomic E-state index is 5.80. The van der Waals surface area contributed by atoms with Crippen molar-refractivity contribution in [2.24, 2.45) is 0 Å². The molecule has 0 unspecified atom stereocenters. The highest BCUT2D eigenvalue weighted by Gasteiger charge is 2.12. The fourth-order valence-electron chi connectivity index (χ4n) is 4.20. The number of anilines is 3. The van der Waals surface area contributed by atoms with Gasteiger partial charge in [-0.15, -0.1) is 0 Å². The summed E-state index contributed by atoms with van der Waals surface area (Å²) in [5.41, 5.74) is 6.09. The summed E-state index contributed by atoms with van der Waals surface area (Å²) >= 11 is 0. The van der Waals surface area contributed by atoms with Crippen molar-refractivity contribution in [1.29, 1.82) is 0 Å². The molecular weight excluding hydrogens is 416 g/mol. The third-order valence-corrected chi connectivity index (χ3v) is 5.89. The van der Waals surface area contributed by atoms with Crippen molar-refractivity contribution in [2.75, 3.05) is 4.90 Å². The van der Waals surface area contributed by atoms with Crippen molar-refractivity contribution in [3.05, 3.63) is 133 Å². The van der Waals surface area contributed by atoms with Crippen molar-refractivity contribution >= 4 is 51.1 Å². The molecule has 3 heteroatoms. The van der Waals surface area contributed by atoms with Crippen LogP contribution in [0.3, 0.4) is 0 Å². The summed E-state index contributed by atoms with van der Waals surface area (Å²) in [7, 11) is 0. The standard InChI is InChI=1S/C31H22N2O/c1-2-10-26(11-3-1)33(28-20-17-24-8-4-5-9-25(24)22-28)27-18-14-23(15-19-27)16-21-31-32-29-12-6-7-13-30(29)34-31/h1-22H/b21-16+. The third kappa shape index (κ3) is 3.96. The number of rotatable bonds is 5. The minimum absolute atomic E-state index is 0.604. The van der Waals surface area contributed by atoms with Crippen LogP contribution in [-0.2, 0) is 0 Å². The van der Waals surface area contributed by atoms with Gasteiger partial charge in [-0.1, -0.05) is 72.8 Å². The molecule has 1 aromatic heterocycles. The first-order valence-electron chi connectivity index (χ1n) is 11.3. The first-order valence-corrected chi connectivity index (χ1v) is 11.3. The highest BCUT2D eigenvalue weighted by atomic mass is 16.3. The number of benzene rings is 5. The molecule has 0 saturated carbocycles. The van der Waals surface area contributed by atoms with Gasteiger partial charge in [-0.3, -0.25) is 0 Å². The number of nitrogens with zero attached hydrogens (tertiary/aromatic N) is 2. The van der Waals surface area contributed by atoms with E-state index in [-0.39, 0.29) is 0 Å². The van der Waals surface area contributed by atoms with Gasteiger partial charge in [0.2, 0.25) is 5.89 Å². The number of oxazole rings is 1. The van der Waals surface area contributed by atoms with E-state index in [4.69, 9.17) is 4.42 Å². The quantitative estimate of drug-likeness (QED) is 0.270. The van der Waals surface area contributed by atoms with Gasteiger partial charge in [0.1, 0.15) is 5.52 Å². The van der Waals surface area contributed by atoms with Gasteiger partial charge in [-0.25, -0.2) is 4.98 Å².